The van der Waals surface area contributed by atoms with Crippen molar-refractivity contribution < 1.29 is 4.42 Å². The molecule has 2 aromatic heterocycles. The quantitative estimate of drug-likeness (QED) is 0.757. The van der Waals surface area contributed by atoms with Crippen LogP contribution in [0.2, 0.25) is 0 Å². The molecule has 0 unspecified atom stereocenters. The molecule has 0 radical (unpaired) electrons. The van der Waals surface area contributed by atoms with Gasteiger partial charge in [-0.05, 0) is 56.3 Å². The number of aromatic nitrogens is 1. The molecular formula is C17H25N3O. The van der Waals surface area contributed by atoms with E-state index in [1.807, 2.05) is 24.5 Å². The van der Waals surface area contributed by atoms with Gasteiger partial charge < -0.3 is 9.73 Å². The number of aryl methyl sites for hydroxylation is 1. The second-order valence-electron chi connectivity index (χ2n) is 5.52. The number of furan rings is 1. The summed E-state index contributed by atoms with van der Waals surface area (Å²) in [7, 11) is 2.10. The maximum atomic E-state index is 5.95. The first-order valence-electron chi connectivity index (χ1n) is 7.55. The van der Waals surface area contributed by atoms with Crippen LogP contribution in [0.3, 0.4) is 0 Å². The molecule has 0 atom stereocenters. The van der Waals surface area contributed by atoms with Crippen molar-refractivity contribution in [3.8, 4) is 0 Å². The summed E-state index contributed by atoms with van der Waals surface area (Å²) < 4.78 is 5.95. The molecule has 4 heteroatoms. The Morgan fingerprint density at radius 1 is 1.24 bits per heavy atom. The van der Waals surface area contributed by atoms with Crippen LogP contribution in [0.25, 0.3) is 0 Å². The Hall–Kier alpha value is -1.65. The highest BCUT2D eigenvalue weighted by Crippen LogP contribution is 2.16. The lowest BCUT2D eigenvalue weighted by Crippen LogP contribution is -2.17. The molecule has 0 aliphatic heterocycles. The van der Waals surface area contributed by atoms with E-state index in [0.29, 0.717) is 0 Å². The molecule has 1 N–H and O–H groups in total. The van der Waals surface area contributed by atoms with Crippen LogP contribution in [0.4, 0.5) is 0 Å². The average molecular weight is 287 g/mol. The van der Waals surface area contributed by atoms with E-state index < -0.39 is 0 Å². The number of nitrogens with one attached hydrogen (secondary N) is 1. The lowest BCUT2D eigenvalue weighted by atomic mass is 10.2. The number of hydrogen-bond acceptors (Lipinski definition) is 4. The molecular weight excluding hydrogens is 262 g/mol. The Morgan fingerprint density at radius 3 is 2.71 bits per heavy atom. The van der Waals surface area contributed by atoms with Gasteiger partial charge in [-0.2, -0.15) is 0 Å². The van der Waals surface area contributed by atoms with Gasteiger partial charge in [-0.3, -0.25) is 9.88 Å². The summed E-state index contributed by atoms with van der Waals surface area (Å²) in [5.41, 5.74) is 2.49. The lowest BCUT2D eigenvalue weighted by Gasteiger charge is -2.14. The van der Waals surface area contributed by atoms with E-state index >= 15 is 0 Å². The predicted molar refractivity (Wildman–Crippen MR) is 84.9 cm³/mol. The van der Waals surface area contributed by atoms with Gasteiger partial charge in [0.15, 0.2) is 0 Å². The van der Waals surface area contributed by atoms with Gasteiger partial charge in [0.25, 0.3) is 0 Å². The van der Waals surface area contributed by atoms with Crippen LogP contribution in [0.15, 0.2) is 35.0 Å². The Kier molecular flexibility index (Phi) is 5.96. The Bertz CT molecular complexity index is 536. The van der Waals surface area contributed by atoms with Crippen molar-refractivity contribution in [2.75, 3.05) is 13.6 Å². The first kappa shape index (κ1) is 15.7. The van der Waals surface area contributed by atoms with Crippen LogP contribution in [0.5, 0.6) is 0 Å². The van der Waals surface area contributed by atoms with Crippen molar-refractivity contribution in [2.24, 2.45) is 0 Å². The first-order valence-corrected chi connectivity index (χ1v) is 7.55. The normalized spacial score (nSPS) is 11.2. The average Bonchev–Trinajstić information content (AvgIpc) is 2.80. The molecule has 0 aliphatic rings. The highest BCUT2D eigenvalue weighted by atomic mass is 16.3. The van der Waals surface area contributed by atoms with Gasteiger partial charge in [0, 0.05) is 18.9 Å². The topological polar surface area (TPSA) is 41.3 Å². The number of nitrogens with zero attached hydrogens (tertiary/aromatic N) is 2. The van der Waals surface area contributed by atoms with Gasteiger partial charge >= 0.3 is 0 Å². The summed E-state index contributed by atoms with van der Waals surface area (Å²) in [6.45, 7) is 7.83. The minimum Gasteiger partial charge on any atom is -0.463 e. The van der Waals surface area contributed by atoms with Crippen LogP contribution >= 0.6 is 0 Å². The monoisotopic (exact) mass is 287 g/mol. The summed E-state index contributed by atoms with van der Waals surface area (Å²) in [6, 6.07) is 6.24. The molecule has 0 saturated carbocycles. The molecule has 0 aromatic carbocycles. The molecule has 2 rings (SSSR count). The minimum atomic E-state index is 0.813. The van der Waals surface area contributed by atoms with Crippen LogP contribution in [0.1, 0.15) is 36.0 Å². The maximum Gasteiger partial charge on any atom is 0.120 e. The third kappa shape index (κ3) is 4.99. The summed E-state index contributed by atoms with van der Waals surface area (Å²) >= 11 is 0. The van der Waals surface area contributed by atoms with E-state index in [9.17, 15) is 0 Å². The standard InChI is InChI=1S/C17H25N3O/c1-4-7-19-11-17-14(2)10-16(21-17)13-20(3)12-15-5-8-18-9-6-15/h5-6,8-10,19H,4,7,11-13H2,1-3H3. The molecule has 2 aromatic rings. The van der Waals surface area contributed by atoms with Crippen molar-refractivity contribution in [1.29, 1.82) is 0 Å². The molecule has 0 saturated heterocycles. The van der Waals surface area contributed by atoms with E-state index in [2.05, 4.69) is 42.2 Å². The van der Waals surface area contributed by atoms with Crippen LogP contribution in [-0.4, -0.2) is 23.5 Å². The zero-order chi connectivity index (χ0) is 15.1. The van der Waals surface area contributed by atoms with E-state index in [0.717, 1.165) is 44.1 Å². The molecule has 0 aliphatic carbocycles. The summed E-state index contributed by atoms with van der Waals surface area (Å²) in [4.78, 5) is 6.29. The molecule has 2 heterocycles. The van der Waals surface area contributed by atoms with Gasteiger partial charge in [0.1, 0.15) is 11.5 Å². The Labute approximate surface area is 127 Å². The lowest BCUT2D eigenvalue weighted by molar-refractivity contribution is 0.282. The summed E-state index contributed by atoms with van der Waals surface area (Å²) in [6.07, 6.45) is 4.80. The Balaban J connectivity index is 1.89. The zero-order valence-electron chi connectivity index (χ0n) is 13.2. The molecule has 21 heavy (non-hydrogen) atoms. The van der Waals surface area contributed by atoms with Crippen LogP contribution < -0.4 is 5.32 Å². The van der Waals surface area contributed by atoms with Crippen molar-refractivity contribution in [3.63, 3.8) is 0 Å². The number of hydrogen-bond donors (Lipinski definition) is 1. The largest absolute Gasteiger partial charge is 0.463 e. The third-order valence-corrected chi connectivity index (χ3v) is 3.41. The van der Waals surface area contributed by atoms with Crippen molar-refractivity contribution in [1.82, 2.24) is 15.2 Å². The fraction of sp³-hybridized carbons (Fsp3) is 0.471. The van der Waals surface area contributed by atoms with Crippen molar-refractivity contribution >= 4 is 0 Å². The van der Waals surface area contributed by atoms with Gasteiger partial charge in [-0.15, -0.1) is 0 Å². The Morgan fingerprint density at radius 2 is 2.00 bits per heavy atom. The predicted octanol–water partition coefficient (Wildman–Crippen LogP) is 3.11. The van der Waals surface area contributed by atoms with E-state index in [-0.39, 0.29) is 0 Å². The molecule has 0 fully saturated rings. The van der Waals surface area contributed by atoms with Crippen molar-refractivity contribution in [2.45, 2.75) is 39.9 Å². The highest BCUT2D eigenvalue weighted by Gasteiger charge is 2.09. The fourth-order valence-electron chi connectivity index (χ4n) is 2.34. The fourth-order valence-corrected chi connectivity index (χ4v) is 2.34. The molecule has 0 spiro atoms. The highest BCUT2D eigenvalue weighted by molar-refractivity contribution is 5.20. The SMILES string of the molecule is CCCNCc1oc(CN(C)Cc2ccncc2)cc1C. The summed E-state index contributed by atoms with van der Waals surface area (Å²) in [5, 5.41) is 3.38. The maximum absolute atomic E-state index is 5.95. The van der Waals surface area contributed by atoms with Gasteiger partial charge in [-0.25, -0.2) is 0 Å². The third-order valence-electron chi connectivity index (χ3n) is 3.41. The summed E-state index contributed by atoms with van der Waals surface area (Å²) in [5.74, 6) is 2.08. The van der Waals surface area contributed by atoms with Crippen LogP contribution in [-0.2, 0) is 19.6 Å². The second-order valence-corrected chi connectivity index (χ2v) is 5.52. The number of pyridine rings is 1. The minimum absolute atomic E-state index is 0.813. The van der Waals surface area contributed by atoms with E-state index in [4.69, 9.17) is 4.42 Å². The van der Waals surface area contributed by atoms with E-state index in [1.165, 1.54) is 11.1 Å². The van der Waals surface area contributed by atoms with Gasteiger partial charge in [-0.1, -0.05) is 6.92 Å². The zero-order valence-corrected chi connectivity index (χ0v) is 13.2. The van der Waals surface area contributed by atoms with Gasteiger partial charge in [0.2, 0.25) is 0 Å². The van der Waals surface area contributed by atoms with Crippen molar-refractivity contribution in [3.05, 3.63) is 53.2 Å². The second kappa shape index (κ2) is 7.96. The van der Waals surface area contributed by atoms with Gasteiger partial charge in [0.05, 0.1) is 13.1 Å². The molecule has 0 amide bonds. The molecule has 0 bridgehead atoms. The first-order chi connectivity index (χ1) is 10.2. The van der Waals surface area contributed by atoms with E-state index in [1.54, 1.807) is 0 Å². The molecule has 4 nitrogen and oxygen atoms in total. The molecule has 114 valence electrons. The smallest absolute Gasteiger partial charge is 0.120 e. The van der Waals surface area contributed by atoms with Crippen LogP contribution in [0, 0.1) is 6.92 Å². The number of rotatable bonds is 8.